The predicted octanol–water partition coefficient (Wildman–Crippen LogP) is 13.7. The van der Waals surface area contributed by atoms with Gasteiger partial charge in [0, 0.05) is 43.8 Å². The average Bonchev–Trinajstić information content (AvgIpc) is 3.85. The van der Waals surface area contributed by atoms with Gasteiger partial charge in [0.15, 0.2) is 17.5 Å². The molecule has 0 aliphatic rings. The van der Waals surface area contributed by atoms with E-state index in [9.17, 15) is 0 Å². The van der Waals surface area contributed by atoms with Crippen molar-refractivity contribution in [1.82, 2.24) is 15.0 Å². The zero-order valence-corrected chi connectivity index (χ0v) is 30.1. The summed E-state index contributed by atoms with van der Waals surface area (Å²) < 4.78 is 12.8. The fourth-order valence-corrected chi connectivity index (χ4v) is 7.80. The summed E-state index contributed by atoms with van der Waals surface area (Å²) in [6.45, 7) is 0. The number of aromatic nitrogens is 3. The van der Waals surface area contributed by atoms with Crippen LogP contribution in [0.1, 0.15) is 0 Å². The van der Waals surface area contributed by atoms with Gasteiger partial charge in [-0.15, -0.1) is 0 Å². The van der Waals surface area contributed by atoms with Gasteiger partial charge in [0.05, 0.1) is 0 Å². The number of hydrogen-bond donors (Lipinski definition) is 0. The molecule has 0 atom stereocenters. The van der Waals surface area contributed by atoms with Crippen molar-refractivity contribution in [2.75, 3.05) is 0 Å². The summed E-state index contributed by atoms with van der Waals surface area (Å²) in [7, 11) is 0. The molecule has 56 heavy (non-hydrogen) atoms. The van der Waals surface area contributed by atoms with Crippen LogP contribution < -0.4 is 0 Å². The number of para-hydroxylation sites is 2. The van der Waals surface area contributed by atoms with Gasteiger partial charge in [0.2, 0.25) is 0 Å². The Kier molecular flexibility index (Phi) is 7.42. The van der Waals surface area contributed by atoms with E-state index < -0.39 is 0 Å². The molecule has 0 unspecified atom stereocenters. The lowest BCUT2D eigenvalue weighted by Crippen LogP contribution is -2.00. The molecule has 262 valence electrons. The minimum Gasteiger partial charge on any atom is -0.456 e. The van der Waals surface area contributed by atoms with Crippen LogP contribution >= 0.6 is 0 Å². The van der Waals surface area contributed by atoms with Crippen LogP contribution in [0.15, 0.2) is 197 Å². The van der Waals surface area contributed by atoms with E-state index >= 15 is 0 Å². The highest BCUT2D eigenvalue weighted by Crippen LogP contribution is 2.41. The van der Waals surface area contributed by atoms with Crippen LogP contribution in [-0.2, 0) is 0 Å². The summed E-state index contributed by atoms with van der Waals surface area (Å²) in [5.74, 6) is 1.76. The van der Waals surface area contributed by atoms with Gasteiger partial charge in [-0.2, -0.15) is 0 Å². The molecule has 0 aliphatic carbocycles. The lowest BCUT2D eigenvalue weighted by atomic mass is 9.97. The third-order valence-electron chi connectivity index (χ3n) is 10.6. The van der Waals surface area contributed by atoms with E-state index in [2.05, 4.69) is 109 Å². The summed E-state index contributed by atoms with van der Waals surface area (Å²) >= 11 is 0. The lowest BCUT2D eigenvalue weighted by molar-refractivity contribution is 0.669. The molecular formula is C51H31N3O2. The van der Waals surface area contributed by atoms with Gasteiger partial charge in [-0.1, -0.05) is 158 Å². The quantitative estimate of drug-likeness (QED) is 0.171. The molecular weight excluding hydrogens is 687 g/mol. The summed E-state index contributed by atoms with van der Waals surface area (Å²) in [4.78, 5) is 15.3. The Labute approximate surface area is 322 Å². The molecule has 5 nitrogen and oxygen atoms in total. The predicted molar refractivity (Wildman–Crippen MR) is 227 cm³/mol. The van der Waals surface area contributed by atoms with Crippen LogP contribution in [0.25, 0.3) is 111 Å². The average molecular weight is 718 g/mol. The highest BCUT2D eigenvalue weighted by Gasteiger charge is 2.20. The molecule has 3 heterocycles. The van der Waals surface area contributed by atoms with E-state index in [1.54, 1.807) is 0 Å². The second kappa shape index (κ2) is 13.0. The fourth-order valence-electron chi connectivity index (χ4n) is 7.80. The van der Waals surface area contributed by atoms with Gasteiger partial charge in [-0.3, -0.25) is 0 Å². The van der Waals surface area contributed by atoms with Crippen molar-refractivity contribution >= 4 is 43.9 Å². The van der Waals surface area contributed by atoms with Crippen molar-refractivity contribution in [1.29, 1.82) is 0 Å². The van der Waals surface area contributed by atoms with Crippen LogP contribution in [0.4, 0.5) is 0 Å². The maximum atomic E-state index is 6.70. The number of nitrogens with zero attached hydrogens (tertiary/aromatic N) is 3. The Morgan fingerprint density at radius 1 is 0.286 bits per heavy atom. The Balaban J connectivity index is 1.01. The van der Waals surface area contributed by atoms with E-state index in [1.807, 2.05) is 78.9 Å². The smallest absolute Gasteiger partial charge is 0.164 e. The summed E-state index contributed by atoms with van der Waals surface area (Å²) in [6, 6.07) is 64.6. The van der Waals surface area contributed by atoms with Crippen molar-refractivity contribution < 1.29 is 8.83 Å². The molecule has 11 aromatic rings. The highest BCUT2D eigenvalue weighted by atomic mass is 16.3. The number of hydrogen-bond acceptors (Lipinski definition) is 5. The van der Waals surface area contributed by atoms with Gasteiger partial charge in [0.25, 0.3) is 0 Å². The molecule has 5 heteroatoms. The van der Waals surface area contributed by atoms with Crippen LogP contribution in [-0.4, -0.2) is 15.0 Å². The molecule has 0 saturated heterocycles. The third kappa shape index (κ3) is 5.45. The largest absolute Gasteiger partial charge is 0.456 e. The summed E-state index contributed by atoms with van der Waals surface area (Å²) in [5.41, 5.74) is 12.8. The van der Waals surface area contributed by atoms with Crippen molar-refractivity contribution in [3.05, 3.63) is 188 Å². The van der Waals surface area contributed by atoms with Gasteiger partial charge >= 0.3 is 0 Å². The Bertz CT molecular complexity index is 3220. The van der Waals surface area contributed by atoms with Crippen LogP contribution in [0.3, 0.4) is 0 Å². The first-order valence-electron chi connectivity index (χ1n) is 18.7. The van der Waals surface area contributed by atoms with Gasteiger partial charge < -0.3 is 8.83 Å². The highest BCUT2D eigenvalue weighted by molar-refractivity contribution is 6.15. The Hall–Kier alpha value is -7.63. The monoisotopic (exact) mass is 717 g/mol. The maximum Gasteiger partial charge on any atom is 0.164 e. The second-order valence-corrected chi connectivity index (χ2v) is 14.0. The van der Waals surface area contributed by atoms with Gasteiger partial charge in [-0.05, 0) is 58.1 Å². The van der Waals surface area contributed by atoms with E-state index in [4.69, 9.17) is 23.8 Å². The minimum atomic E-state index is 0.576. The standard InChI is InChI=1S/C51H31N3O2/c1-3-11-32(12-4-1)33-21-23-34(24-22-33)35-25-27-36(28-26-35)39-16-9-17-41-47-42(18-10-20-46(47)56-48(39)41)51-53-49(37-13-5-2-6-14-37)52-50(54-51)38-29-30-45-43(31-38)40-15-7-8-19-44(40)55-45/h1-31H. The molecule has 0 amide bonds. The topological polar surface area (TPSA) is 65.0 Å². The van der Waals surface area contributed by atoms with Crippen molar-refractivity contribution in [2.24, 2.45) is 0 Å². The Morgan fingerprint density at radius 3 is 1.52 bits per heavy atom. The lowest BCUT2D eigenvalue weighted by Gasteiger charge is -2.09. The molecule has 0 aliphatic heterocycles. The number of fused-ring (bicyclic) bond motifs is 6. The molecule has 3 aromatic heterocycles. The number of rotatable bonds is 6. The molecule has 8 aromatic carbocycles. The molecule has 0 radical (unpaired) electrons. The van der Waals surface area contributed by atoms with Crippen LogP contribution in [0.5, 0.6) is 0 Å². The van der Waals surface area contributed by atoms with Crippen molar-refractivity contribution in [3.63, 3.8) is 0 Å². The van der Waals surface area contributed by atoms with E-state index in [-0.39, 0.29) is 0 Å². The van der Waals surface area contributed by atoms with E-state index in [0.717, 1.165) is 77.3 Å². The van der Waals surface area contributed by atoms with Gasteiger partial charge in [-0.25, -0.2) is 15.0 Å². The first-order valence-corrected chi connectivity index (χ1v) is 18.7. The minimum absolute atomic E-state index is 0.576. The SMILES string of the molecule is c1ccc(-c2ccc(-c3ccc(-c4cccc5c4oc4cccc(-c6nc(-c7ccccc7)nc(-c7ccc8oc9ccccc9c8c7)n6)c45)cc3)cc2)cc1. The number of benzene rings is 8. The normalized spacial score (nSPS) is 11.6. The van der Waals surface area contributed by atoms with Crippen LogP contribution in [0.2, 0.25) is 0 Å². The first-order chi connectivity index (χ1) is 27.7. The molecule has 0 bridgehead atoms. The first kappa shape index (κ1) is 31.9. The summed E-state index contributed by atoms with van der Waals surface area (Å²) in [5, 5.41) is 4.04. The Morgan fingerprint density at radius 2 is 0.786 bits per heavy atom. The van der Waals surface area contributed by atoms with Crippen molar-refractivity contribution in [2.45, 2.75) is 0 Å². The third-order valence-corrected chi connectivity index (χ3v) is 10.6. The molecule has 0 spiro atoms. The summed E-state index contributed by atoms with van der Waals surface area (Å²) in [6.07, 6.45) is 0. The molecule has 0 saturated carbocycles. The van der Waals surface area contributed by atoms with Crippen LogP contribution in [0, 0.1) is 0 Å². The zero-order chi connectivity index (χ0) is 37.0. The number of furan rings is 2. The van der Waals surface area contributed by atoms with Gasteiger partial charge in [0.1, 0.15) is 22.3 Å². The molecule has 11 rings (SSSR count). The molecule has 0 fully saturated rings. The fraction of sp³-hybridized carbons (Fsp3) is 0. The zero-order valence-electron chi connectivity index (χ0n) is 30.1. The van der Waals surface area contributed by atoms with E-state index in [1.165, 1.54) is 16.7 Å². The second-order valence-electron chi connectivity index (χ2n) is 14.0. The molecule has 0 N–H and O–H groups in total. The van der Waals surface area contributed by atoms with E-state index in [0.29, 0.717) is 17.5 Å². The van der Waals surface area contributed by atoms with Crippen molar-refractivity contribution in [3.8, 4) is 67.5 Å². The maximum absolute atomic E-state index is 6.70.